The molecule has 0 N–H and O–H groups in total. The zero-order valence-corrected chi connectivity index (χ0v) is 45.0. The van der Waals surface area contributed by atoms with E-state index in [9.17, 15) is 0 Å². The van der Waals surface area contributed by atoms with Crippen molar-refractivity contribution in [1.82, 2.24) is 9.97 Å². The summed E-state index contributed by atoms with van der Waals surface area (Å²) in [7, 11) is 0. The third kappa shape index (κ3) is 10.8. The first kappa shape index (κ1) is 50.4. The predicted octanol–water partition coefficient (Wildman–Crippen LogP) is 21.0. The highest BCUT2D eigenvalue weighted by Crippen LogP contribution is 2.44. The fourth-order valence-corrected chi connectivity index (χ4v) is 10.8. The Hall–Kier alpha value is -11.1. The van der Waals surface area contributed by atoms with E-state index in [1.165, 1.54) is 0 Å². The van der Waals surface area contributed by atoms with Crippen LogP contribution in [0.15, 0.2) is 340 Å². The maximum absolute atomic E-state index is 5.00. The molecule has 12 aromatic carbocycles. The van der Waals surface area contributed by atoms with Crippen LogP contribution in [-0.4, -0.2) is 9.97 Å². The van der Waals surface area contributed by atoms with E-state index < -0.39 is 0 Å². The van der Waals surface area contributed by atoms with Crippen LogP contribution in [0.4, 0.5) is 68.2 Å². The van der Waals surface area contributed by atoms with Gasteiger partial charge in [0.25, 0.3) is 0 Å². The van der Waals surface area contributed by atoms with Crippen LogP contribution in [0.1, 0.15) is 0 Å². The second-order valence-corrected chi connectivity index (χ2v) is 19.9. The second kappa shape index (κ2) is 23.5. The molecule has 13 aromatic rings. The van der Waals surface area contributed by atoms with E-state index in [1.54, 1.807) is 12.4 Å². The number of aromatic nitrogens is 2. The molecular formula is C76H56N6. The monoisotopic (exact) mass is 1050 g/mol. The molecule has 6 nitrogen and oxygen atoms in total. The van der Waals surface area contributed by atoms with Gasteiger partial charge in [-0.25, -0.2) is 0 Å². The summed E-state index contributed by atoms with van der Waals surface area (Å²) < 4.78 is 0. The van der Waals surface area contributed by atoms with Crippen molar-refractivity contribution in [1.29, 1.82) is 0 Å². The Morgan fingerprint density at radius 1 is 0.159 bits per heavy atom. The van der Waals surface area contributed by atoms with Gasteiger partial charge in [-0.05, 0) is 168 Å². The average molecular weight is 1050 g/mol. The summed E-state index contributed by atoms with van der Waals surface area (Å²) in [6.07, 6.45) is 3.56. The molecule has 390 valence electrons. The van der Waals surface area contributed by atoms with E-state index in [-0.39, 0.29) is 0 Å². The van der Waals surface area contributed by atoms with Crippen LogP contribution in [0.25, 0.3) is 44.8 Å². The minimum absolute atomic E-state index is 0.801. The fraction of sp³-hybridized carbons (Fsp3) is 0. The predicted molar refractivity (Wildman–Crippen MR) is 343 cm³/mol. The molecule has 0 bridgehead atoms. The molecule has 0 saturated carbocycles. The van der Waals surface area contributed by atoms with Crippen LogP contribution in [0.5, 0.6) is 0 Å². The first-order chi connectivity index (χ1) is 40.7. The van der Waals surface area contributed by atoms with Gasteiger partial charge in [-0.3, -0.25) is 9.97 Å². The zero-order chi connectivity index (χ0) is 54.9. The van der Waals surface area contributed by atoms with Crippen LogP contribution < -0.4 is 19.6 Å². The van der Waals surface area contributed by atoms with Crippen LogP contribution in [0.3, 0.4) is 0 Å². The van der Waals surface area contributed by atoms with E-state index in [0.717, 1.165) is 113 Å². The third-order valence-corrected chi connectivity index (χ3v) is 14.7. The van der Waals surface area contributed by atoms with Crippen molar-refractivity contribution in [2.75, 3.05) is 19.6 Å². The Morgan fingerprint density at radius 3 is 0.646 bits per heavy atom. The number of nitrogens with zero attached hydrogens (tertiary/aromatic N) is 6. The topological polar surface area (TPSA) is 38.7 Å². The third-order valence-electron chi connectivity index (χ3n) is 14.7. The van der Waals surface area contributed by atoms with Crippen LogP contribution in [0.2, 0.25) is 0 Å². The molecular weight excluding hydrogens is 997 g/mol. The minimum atomic E-state index is 0.801. The molecule has 0 radical (unpaired) electrons. The summed E-state index contributed by atoms with van der Waals surface area (Å²) in [5.74, 6) is 0. The largest absolute Gasteiger partial charge is 0.311 e. The number of benzene rings is 12. The summed E-state index contributed by atoms with van der Waals surface area (Å²) in [5.41, 5.74) is 20.8. The summed E-state index contributed by atoms with van der Waals surface area (Å²) >= 11 is 0. The second-order valence-electron chi connectivity index (χ2n) is 19.9. The van der Waals surface area contributed by atoms with Gasteiger partial charge in [-0.15, -0.1) is 0 Å². The number of para-hydroxylation sites is 4. The fourth-order valence-electron chi connectivity index (χ4n) is 10.8. The standard InChI is InChI=1S/C76H56N6/c1-7-21-57(22-8-1)61-25-19-35-73(55-61)81(71-49-45-69(46-50-71)79(63-27-11-3-12-28-63)64-29-13-4-14-30-64)67-41-37-59(38-42-67)75-76(78-54-53-77-75)60-39-43-68(44-40-60)82(74-36-20-26-62(56-74)58-23-9-2-10-24-58)72-51-47-70(48-52-72)80(65-31-15-5-16-32-65)66-33-17-6-18-34-66/h1-56H. The lowest BCUT2D eigenvalue weighted by molar-refractivity contribution is 1.20. The molecule has 0 unspecified atom stereocenters. The highest BCUT2D eigenvalue weighted by Gasteiger charge is 2.21. The molecule has 0 aliphatic heterocycles. The van der Waals surface area contributed by atoms with E-state index in [1.807, 2.05) is 0 Å². The average Bonchev–Trinajstić information content (AvgIpc) is 3.71. The van der Waals surface area contributed by atoms with Crippen molar-refractivity contribution >= 4 is 68.2 Å². The molecule has 0 fully saturated rings. The number of hydrogen-bond acceptors (Lipinski definition) is 6. The lowest BCUT2D eigenvalue weighted by atomic mass is 10.0. The maximum atomic E-state index is 5.00. The smallest absolute Gasteiger partial charge is 0.0965 e. The zero-order valence-electron chi connectivity index (χ0n) is 45.0. The molecule has 6 heteroatoms. The van der Waals surface area contributed by atoms with Gasteiger partial charge in [0.2, 0.25) is 0 Å². The number of rotatable bonds is 16. The Morgan fingerprint density at radius 2 is 0.366 bits per heavy atom. The molecule has 1 heterocycles. The van der Waals surface area contributed by atoms with Crippen molar-refractivity contribution in [2.24, 2.45) is 0 Å². The van der Waals surface area contributed by atoms with Crippen LogP contribution in [-0.2, 0) is 0 Å². The molecule has 0 spiro atoms. The first-order valence-corrected chi connectivity index (χ1v) is 27.6. The van der Waals surface area contributed by atoms with Crippen LogP contribution in [0, 0.1) is 0 Å². The van der Waals surface area contributed by atoms with E-state index in [0.29, 0.717) is 0 Å². The summed E-state index contributed by atoms with van der Waals surface area (Å²) in [5, 5.41) is 0. The van der Waals surface area contributed by atoms with Crippen LogP contribution >= 0.6 is 0 Å². The van der Waals surface area contributed by atoms with E-state index >= 15 is 0 Å². The van der Waals surface area contributed by atoms with Gasteiger partial charge in [-0.2, -0.15) is 0 Å². The van der Waals surface area contributed by atoms with Gasteiger partial charge in [0.15, 0.2) is 0 Å². The lowest BCUT2D eigenvalue weighted by Gasteiger charge is -2.29. The molecule has 0 atom stereocenters. The van der Waals surface area contributed by atoms with Crippen molar-refractivity contribution < 1.29 is 0 Å². The lowest BCUT2D eigenvalue weighted by Crippen LogP contribution is -2.12. The Labute approximate surface area is 480 Å². The minimum Gasteiger partial charge on any atom is -0.311 e. The highest BCUT2D eigenvalue weighted by atomic mass is 15.2. The molecule has 0 aliphatic carbocycles. The first-order valence-electron chi connectivity index (χ1n) is 27.6. The number of anilines is 12. The van der Waals surface area contributed by atoms with Crippen molar-refractivity contribution in [3.8, 4) is 44.8 Å². The Kier molecular flexibility index (Phi) is 14.4. The van der Waals surface area contributed by atoms with E-state index in [2.05, 4.69) is 347 Å². The molecule has 0 saturated heterocycles. The quantitative estimate of drug-likeness (QED) is 0.0960. The Bertz CT molecular complexity index is 3810. The number of hydrogen-bond donors (Lipinski definition) is 0. The van der Waals surface area contributed by atoms with Gasteiger partial charge in [-0.1, -0.05) is 182 Å². The molecule has 82 heavy (non-hydrogen) atoms. The van der Waals surface area contributed by atoms with Gasteiger partial charge in [0, 0.05) is 91.8 Å². The molecule has 0 amide bonds. The molecule has 13 rings (SSSR count). The summed E-state index contributed by atoms with van der Waals surface area (Å²) in [6, 6.07) is 116. The van der Waals surface area contributed by atoms with Gasteiger partial charge in [0.1, 0.15) is 0 Å². The van der Waals surface area contributed by atoms with Gasteiger partial charge in [0.05, 0.1) is 11.4 Å². The maximum Gasteiger partial charge on any atom is 0.0965 e. The molecule has 1 aromatic heterocycles. The van der Waals surface area contributed by atoms with Crippen molar-refractivity contribution in [2.45, 2.75) is 0 Å². The van der Waals surface area contributed by atoms with Crippen molar-refractivity contribution in [3.63, 3.8) is 0 Å². The van der Waals surface area contributed by atoms with Crippen molar-refractivity contribution in [3.05, 3.63) is 340 Å². The van der Waals surface area contributed by atoms with E-state index in [4.69, 9.17) is 9.97 Å². The summed E-state index contributed by atoms with van der Waals surface area (Å²) in [4.78, 5) is 19.2. The highest BCUT2D eigenvalue weighted by molar-refractivity contribution is 5.87. The molecule has 0 aliphatic rings. The Balaban J connectivity index is 0.841. The normalized spacial score (nSPS) is 10.9. The summed E-state index contributed by atoms with van der Waals surface area (Å²) in [6.45, 7) is 0. The van der Waals surface area contributed by atoms with Gasteiger partial charge < -0.3 is 19.6 Å². The van der Waals surface area contributed by atoms with Gasteiger partial charge >= 0.3 is 0 Å². The SMILES string of the molecule is c1ccc(-c2cccc(N(c3ccc(-c4nccnc4-c4ccc(N(c5ccc(N(c6ccccc6)c6ccccc6)cc5)c5cccc(-c6ccccc6)c5)cc4)cc3)c3ccc(N(c4ccccc4)c4ccccc4)cc3)c2)cc1.